The topological polar surface area (TPSA) is 119 Å². The van der Waals surface area contributed by atoms with Gasteiger partial charge in [0.1, 0.15) is 29.1 Å². The van der Waals surface area contributed by atoms with Crippen LogP contribution < -0.4 is 10.5 Å². The molecule has 2 aromatic carbocycles. The van der Waals surface area contributed by atoms with Crippen molar-refractivity contribution in [2.75, 3.05) is 7.11 Å². The lowest BCUT2D eigenvalue weighted by atomic mass is 10.1. The molecule has 4 aromatic rings. The number of nitrogens with one attached hydrogen (secondary N) is 1. The zero-order chi connectivity index (χ0) is 23.2. The number of aliphatic hydroxyl groups is 1. The third-order valence-corrected chi connectivity index (χ3v) is 4.92. The van der Waals surface area contributed by atoms with Crippen LogP contribution in [-0.4, -0.2) is 32.2 Å². The highest BCUT2D eigenvalue weighted by Gasteiger charge is 2.17. The molecule has 2 heterocycles. The summed E-state index contributed by atoms with van der Waals surface area (Å²) in [4.78, 5) is 16.3. The van der Waals surface area contributed by atoms with Gasteiger partial charge in [-0.15, -0.1) is 0 Å². The number of aliphatic hydroxyl groups excluding tert-OH is 1. The highest BCUT2D eigenvalue weighted by Crippen LogP contribution is 2.31. The molecule has 0 radical (unpaired) electrons. The minimum atomic E-state index is -0.902. The average Bonchev–Trinajstić information content (AvgIpc) is 3.29. The van der Waals surface area contributed by atoms with Crippen LogP contribution >= 0.6 is 0 Å². The van der Waals surface area contributed by atoms with E-state index in [2.05, 4.69) is 26.5 Å². The number of para-hydroxylation sites is 2. The summed E-state index contributed by atoms with van der Waals surface area (Å²) >= 11 is 0. The number of nitrogens with zero attached hydrogens (tertiary/aromatic N) is 3. The Balaban J connectivity index is 1.58. The zero-order valence-electron chi connectivity index (χ0n) is 18.0. The van der Waals surface area contributed by atoms with E-state index in [1.165, 1.54) is 19.5 Å². The fraction of sp³-hybridized carbons (Fsp3) is 0.0800. The van der Waals surface area contributed by atoms with E-state index in [0.717, 1.165) is 11.0 Å². The lowest BCUT2D eigenvalue weighted by Crippen LogP contribution is -2.02. The van der Waals surface area contributed by atoms with E-state index >= 15 is 0 Å². The maximum Gasteiger partial charge on any atom is 0.246 e. The SMILES string of the molecule is C=C(OC)/C(=C\C=C/N)c1nccnc1Oc1ccc([C@@H](O)c2nc3ccccc3[nH]2)cc1. The Morgan fingerprint density at radius 3 is 2.61 bits per heavy atom. The summed E-state index contributed by atoms with van der Waals surface area (Å²) in [5.74, 6) is 1.66. The van der Waals surface area contributed by atoms with Crippen molar-refractivity contribution in [1.82, 2.24) is 19.9 Å². The van der Waals surface area contributed by atoms with Gasteiger partial charge in [-0.3, -0.25) is 0 Å². The number of nitrogens with two attached hydrogens (primary N) is 1. The number of hydrogen-bond donors (Lipinski definition) is 3. The summed E-state index contributed by atoms with van der Waals surface area (Å²) in [6.45, 7) is 3.90. The second-order valence-electron chi connectivity index (χ2n) is 7.02. The molecule has 0 aliphatic heterocycles. The van der Waals surface area contributed by atoms with Crippen LogP contribution in [0, 0.1) is 0 Å². The Morgan fingerprint density at radius 1 is 1.12 bits per heavy atom. The van der Waals surface area contributed by atoms with Crippen LogP contribution in [0.15, 0.2) is 91.6 Å². The normalized spacial score (nSPS) is 12.7. The van der Waals surface area contributed by atoms with Crippen LogP contribution in [0.2, 0.25) is 0 Å². The van der Waals surface area contributed by atoms with E-state index in [9.17, 15) is 5.11 Å². The summed E-state index contributed by atoms with van der Waals surface area (Å²) in [5, 5.41) is 10.8. The number of aromatic amines is 1. The summed E-state index contributed by atoms with van der Waals surface area (Å²) < 4.78 is 11.3. The van der Waals surface area contributed by atoms with E-state index < -0.39 is 6.10 Å². The Labute approximate surface area is 190 Å². The molecule has 0 saturated carbocycles. The molecule has 0 unspecified atom stereocenters. The molecule has 0 fully saturated rings. The minimum Gasteiger partial charge on any atom is -0.497 e. The standard InChI is InChI=1S/C25H23N5O3/c1-16(32-2)19(6-5-13-26)22-25(28-15-14-27-22)33-18-11-9-17(10-12-18)23(31)24-29-20-7-3-4-8-21(20)30-24/h3-15,23,31H,1,26H2,2H3,(H,29,30)/b13-5-,19-6+/t23-/m1/s1. The first-order valence-electron chi connectivity index (χ1n) is 10.1. The van der Waals surface area contributed by atoms with Gasteiger partial charge >= 0.3 is 0 Å². The van der Waals surface area contributed by atoms with Gasteiger partial charge in [0.25, 0.3) is 0 Å². The largest absolute Gasteiger partial charge is 0.497 e. The zero-order valence-corrected chi connectivity index (χ0v) is 18.0. The van der Waals surface area contributed by atoms with Crippen LogP contribution in [0.3, 0.4) is 0 Å². The molecule has 0 saturated heterocycles. The van der Waals surface area contributed by atoms with Gasteiger partial charge in [-0.1, -0.05) is 30.8 Å². The summed E-state index contributed by atoms with van der Waals surface area (Å²) in [6.07, 6.45) is 6.94. The quantitative estimate of drug-likeness (QED) is 0.276. The number of hydrogen-bond acceptors (Lipinski definition) is 7. The number of rotatable bonds is 8. The maximum absolute atomic E-state index is 10.8. The molecule has 8 nitrogen and oxygen atoms in total. The van der Waals surface area contributed by atoms with Crippen LogP contribution in [-0.2, 0) is 4.74 Å². The fourth-order valence-corrected chi connectivity index (χ4v) is 3.24. The van der Waals surface area contributed by atoms with Crippen LogP contribution in [0.5, 0.6) is 11.6 Å². The van der Waals surface area contributed by atoms with Crippen molar-refractivity contribution in [3.05, 3.63) is 109 Å². The molecule has 0 spiro atoms. The number of fused-ring (bicyclic) bond motifs is 1. The Morgan fingerprint density at radius 2 is 1.88 bits per heavy atom. The van der Waals surface area contributed by atoms with Crippen molar-refractivity contribution in [2.45, 2.75) is 6.10 Å². The summed E-state index contributed by atoms with van der Waals surface area (Å²) in [6, 6.07) is 14.7. The highest BCUT2D eigenvalue weighted by atomic mass is 16.5. The average molecular weight is 441 g/mol. The molecule has 0 aliphatic rings. The predicted molar refractivity (Wildman–Crippen MR) is 126 cm³/mol. The van der Waals surface area contributed by atoms with E-state index in [1.54, 1.807) is 42.6 Å². The van der Waals surface area contributed by atoms with E-state index in [4.69, 9.17) is 15.2 Å². The number of H-pyrrole nitrogens is 1. The number of ether oxygens (including phenoxy) is 2. The molecule has 1 atom stereocenters. The van der Waals surface area contributed by atoms with Crippen LogP contribution in [0.4, 0.5) is 0 Å². The van der Waals surface area contributed by atoms with Gasteiger partial charge in [-0.2, -0.15) is 0 Å². The van der Waals surface area contributed by atoms with Gasteiger partial charge in [-0.25, -0.2) is 15.0 Å². The van der Waals surface area contributed by atoms with Crippen molar-refractivity contribution in [3.63, 3.8) is 0 Å². The van der Waals surface area contributed by atoms with Gasteiger partial charge < -0.3 is 25.3 Å². The van der Waals surface area contributed by atoms with Crippen molar-refractivity contribution >= 4 is 16.6 Å². The summed E-state index contributed by atoms with van der Waals surface area (Å²) in [7, 11) is 1.52. The molecule has 0 aliphatic carbocycles. The number of methoxy groups -OCH3 is 1. The monoisotopic (exact) mass is 441 g/mol. The van der Waals surface area contributed by atoms with E-state index in [0.29, 0.717) is 34.2 Å². The molecule has 33 heavy (non-hydrogen) atoms. The first-order chi connectivity index (χ1) is 16.1. The first kappa shape index (κ1) is 21.8. The van der Waals surface area contributed by atoms with Crippen molar-refractivity contribution in [3.8, 4) is 11.6 Å². The number of allylic oxidation sites excluding steroid dienone is 3. The molecule has 4 N–H and O–H groups in total. The van der Waals surface area contributed by atoms with Gasteiger partial charge in [0.05, 0.1) is 18.1 Å². The molecule has 0 amide bonds. The molecule has 2 aromatic heterocycles. The van der Waals surface area contributed by atoms with Gasteiger partial charge in [0, 0.05) is 18.0 Å². The highest BCUT2D eigenvalue weighted by molar-refractivity contribution is 5.78. The number of imidazole rings is 1. The number of aromatic nitrogens is 4. The molecule has 166 valence electrons. The van der Waals surface area contributed by atoms with E-state index in [-0.39, 0.29) is 5.88 Å². The van der Waals surface area contributed by atoms with Gasteiger partial charge in [-0.05, 0) is 48.2 Å². The Hall–Kier alpha value is -4.43. The second kappa shape index (κ2) is 9.80. The third-order valence-electron chi connectivity index (χ3n) is 4.92. The van der Waals surface area contributed by atoms with Gasteiger partial charge in [0.15, 0.2) is 0 Å². The smallest absolute Gasteiger partial charge is 0.246 e. The van der Waals surface area contributed by atoms with Crippen LogP contribution in [0.25, 0.3) is 16.6 Å². The lowest BCUT2D eigenvalue weighted by Gasteiger charge is -2.13. The summed E-state index contributed by atoms with van der Waals surface area (Å²) in [5.41, 5.74) is 8.84. The lowest BCUT2D eigenvalue weighted by molar-refractivity contribution is 0.211. The molecular weight excluding hydrogens is 418 g/mol. The van der Waals surface area contributed by atoms with Crippen LogP contribution in [0.1, 0.15) is 23.2 Å². The fourth-order valence-electron chi connectivity index (χ4n) is 3.24. The van der Waals surface area contributed by atoms with Crippen molar-refractivity contribution < 1.29 is 14.6 Å². The Bertz CT molecular complexity index is 1290. The molecule has 8 heteroatoms. The van der Waals surface area contributed by atoms with Gasteiger partial charge in [0.2, 0.25) is 5.88 Å². The number of benzene rings is 2. The minimum absolute atomic E-state index is 0.276. The second-order valence-corrected chi connectivity index (χ2v) is 7.02. The van der Waals surface area contributed by atoms with E-state index in [1.807, 2.05) is 24.3 Å². The first-order valence-corrected chi connectivity index (χ1v) is 10.1. The third kappa shape index (κ3) is 4.76. The van der Waals surface area contributed by atoms with Crippen molar-refractivity contribution in [1.29, 1.82) is 0 Å². The molecule has 4 rings (SSSR count). The Kier molecular flexibility index (Phi) is 6.47. The molecule has 0 bridgehead atoms. The maximum atomic E-state index is 10.8. The van der Waals surface area contributed by atoms with Crippen molar-refractivity contribution in [2.24, 2.45) is 5.73 Å². The predicted octanol–water partition coefficient (Wildman–Crippen LogP) is 4.24. The molecular formula is C25H23N5O3.